The lowest BCUT2D eigenvalue weighted by molar-refractivity contribution is -0.120. The van der Waals surface area contributed by atoms with E-state index in [1.54, 1.807) is 0 Å². The summed E-state index contributed by atoms with van der Waals surface area (Å²) < 4.78 is 22.9. The third kappa shape index (κ3) is 14.1. The Kier molecular flexibility index (Phi) is 13.8. The summed E-state index contributed by atoms with van der Waals surface area (Å²) in [4.78, 5) is 12.0. The van der Waals surface area contributed by atoms with E-state index >= 15 is 0 Å². The fourth-order valence-corrected chi connectivity index (χ4v) is 4.89. The van der Waals surface area contributed by atoms with Crippen LogP contribution in [0.2, 0.25) is 0 Å². The van der Waals surface area contributed by atoms with Gasteiger partial charge in [0.25, 0.3) is 0 Å². The molecule has 0 radical (unpaired) electrons. The summed E-state index contributed by atoms with van der Waals surface area (Å²) >= 11 is 0. The molecule has 1 rings (SSSR count). The lowest BCUT2D eigenvalue weighted by Crippen LogP contribution is -2.34. The van der Waals surface area contributed by atoms with Gasteiger partial charge in [0.05, 0.1) is 13.2 Å². The number of carbonyl (C=O) groups excluding carboxylic acids is 1. The second kappa shape index (κ2) is 15.2. The molecule has 0 unspecified atom stereocenters. The molecule has 0 saturated carbocycles. The Labute approximate surface area is 179 Å². The van der Waals surface area contributed by atoms with E-state index in [4.69, 9.17) is 9.05 Å². The van der Waals surface area contributed by atoms with Gasteiger partial charge in [-0.1, -0.05) is 84.3 Å². The SMILES string of the molecule is CCCCCCCCC=CCCCCCCCC(=O)NP1(=O)OCC(C)(C)CO1. The third-order valence-corrected chi connectivity index (χ3v) is 6.64. The van der Waals surface area contributed by atoms with Gasteiger partial charge in [0.2, 0.25) is 5.91 Å². The maximum atomic E-state index is 12.3. The van der Waals surface area contributed by atoms with Gasteiger partial charge in [-0.25, -0.2) is 4.57 Å². The fraction of sp³-hybridized carbons (Fsp3) is 0.870. The third-order valence-electron chi connectivity index (χ3n) is 5.18. The summed E-state index contributed by atoms with van der Waals surface area (Å²) in [6.07, 6.45) is 20.9. The standard InChI is InChI=1S/C23H44NO4P/c1-4-5-6-7-8-9-10-11-12-13-14-15-16-17-18-19-22(25)24-29(26)27-20-23(2,3)21-28-29/h11-12H,4-10,13-21H2,1-3H3,(H,24,25,26). The molecule has 1 N–H and O–H groups in total. The van der Waals surface area contributed by atoms with Crippen molar-refractivity contribution in [2.45, 2.75) is 111 Å². The highest BCUT2D eigenvalue weighted by molar-refractivity contribution is 7.52. The van der Waals surface area contributed by atoms with Crippen molar-refractivity contribution in [3.63, 3.8) is 0 Å². The first-order valence-electron chi connectivity index (χ1n) is 11.7. The molecular formula is C23H44NO4P. The number of unbranched alkanes of at least 4 members (excludes halogenated alkanes) is 11. The van der Waals surface area contributed by atoms with Gasteiger partial charge in [-0.3, -0.25) is 18.9 Å². The number of rotatable bonds is 16. The van der Waals surface area contributed by atoms with Crippen molar-refractivity contribution in [3.8, 4) is 0 Å². The van der Waals surface area contributed by atoms with E-state index in [9.17, 15) is 9.36 Å². The number of hydrogen-bond acceptors (Lipinski definition) is 4. The molecule has 1 saturated heterocycles. The second-order valence-electron chi connectivity index (χ2n) is 9.08. The molecule has 6 heteroatoms. The molecule has 0 aromatic rings. The molecule has 0 aromatic carbocycles. The summed E-state index contributed by atoms with van der Waals surface area (Å²) in [6.45, 7) is 6.87. The minimum absolute atomic E-state index is 0.165. The molecular weight excluding hydrogens is 385 g/mol. The molecule has 0 aromatic heterocycles. The summed E-state index contributed by atoms with van der Waals surface area (Å²) in [5.41, 5.74) is -0.165. The topological polar surface area (TPSA) is 64.6 Å². The van der Waals surface area contributed by atoms with Crippen LogP contribution in [0.4, 0.5) is 0 Å². The Morgan fingerprint density at radius 2 is 1.34 bits per heavy atom. The Bertz CT molecular complexity index is 505. The first-order chi connectivity index (χ1) is 13.9. The summed E-state index contributed by atoms with van der Waals surface area (Å²) in [5, 5.41) is 2.45. The maximum absolute atomic E-state index is 12.3. The highest BCUT2D eigenvalue weighted by Crippen LogP contribution is 2.50. The average Bonchev–Trinajstić information content (AvgIpc) is 2.67. The largest absolute Gasteiger partial charge is 0.434 e. The molecule has 0 bridgehead atoms. The van der Waals surface area contributed by atoms with Crippen LogP contribution in [0.3, 0.4) is 0 Å². The molecule has 1 aliphatic rings. The van der Waals surface area contributed by atoms with Crippen molar-refractivity contribution in [2.75, 3.05) is 13.2 Å². The molecule has 5 nitrogen and oxygen atoms in total. The van der Waals surface area contributed by atoms with Crippen molar-refractivity contribution in [2.24, 2.45) is 5.41 Å². The molecule has 0 spiro atoms. The van der Waals surface area contributed by atoms with Crippen molar-refractivity contribution in [3.05, 3.63) is 12.2 Å². The van der Waals surface area contributed by atoms with Crippen LogP contribution >= 0.6 is 7.75 Å². The molecule has 1 aliphatic heterocycles. The minimum Gasteiger partial charge on any atom is -0.292 e. The van der Waals surface area contributed by atoms with E-state index in [0.29, 0.717) is 19.6 Å². The zero-order valence-corrected chi connectivity index (χ0v) is 19.9. The number of allylic oxidation sites excluding steroid dienone is 2. The number of nitrogens with one attached hydrogen (secondary N) is 1. The van der Waals surface area contributed by atoms with Crippen LogP contribution in [-0.2, 0) is 18.4 Å². The maximum Gasteiger partial charge on any atom is 0.434 e. The van der Waals surface area contributed by atoms with Gasteiger partial charge < -0.3 is 0 Å². The molecule has 0 atom stereocenters. The van der Waals surface area contributed by atoms with Gasteiger partial charge in [-0.2, -0.15) is 0 Å². The van der Waals surface area contributed by atoms with Crippen LogP contribution in [0.25, 0.3) is 0 Å². The van der Waals surface area contributed by atoms with Gasteiger partial charge in [0.1, 0.15) is 0 Å². The minimum atomic E-state index is -3.45. The molecule has 1 heterocycles. The average molecular weight is 430 g/mol. The van der Waals surface area contributed by atoms with Crippen LogP contribution in [0, 0.1) is 5.41 Å². The second-order valence-corrected chi connectivity index (χ2v) is 10.8. The predicted molar refractivity (Wildman–Crippen MR) is 121 cm³/mol. The van der Waals surface area contributed by atoms with Gasteiger partial charge in [-0.15, -0.1) is 0 Å². The Hall–Kier alpha value is -0.640. The molecule has 0 aliphatic carbocycles. The van der Waals surface area contributed by atoms with E-state index in [-0.39, 0.29) is 11.3 Å². The van der Waals surface area contributed by atoms with Crippen molar-refractivity contribution < 1.29 is 18.4 Å². The lowest BCUT2D eigenvalue weighted by Gasteiger charge is -2.33. The Balaban J connectivity index is 1.91. The van der Waals surface area contributed by atoms with Crippen LogP contribution < -0.4 is 5.09 Å². The number of amides is 1. The van der Waals surface area contributed by atoms with Gasteiger partial charge >= 0.3 is 7.75 Å². The Morgan fingerprint density at radius 3 is 1.90 bits per heavy atom. The first kappa shape index (κ1) is 26.4. The smallest absolute Gasteiger partial charge is 0.292 e. The normalized spacial score (nSPS) is 18.2. The molecule has 1 amide bonds. The summed E-state index contributed by atoms with van der Waals surface area (Å²) in [6, 6.07) is 0. The summed E-state index contributed by atoms with van der Waals surface area (Å²) in [7, 11) is -3.45. The highest BCUT2D eigenvalue weighted by atomic mass is 31.2. The van der Waals surface area contributed by atoms with Crippen LogP contribution in [0.5, 0.6) is 0 Å². The zero-order valence-electron chi connectivity index (χ0n) is 19.0. The van der Waals surface area contributed by atoms with Crippen LogP contribution in [-0.4, -0.2) is 19.1 Å². The quantitative estimate of drug-likeness (QED) is 0.159. The number of hydrogen-bond donors (Lipinski definition) is 1. The van der Waals surface area contributed by atoms with E-state index < -0.39 is 7.75 Å². The predicted octanol–water partition coefficient (Wildman–Crippen LogP) is 7.32. The summed E-state index contributed by atoms with van der Waals surface area (Å²) in [5.74, 6) is -0.245. The lowest BCUT2D eigenvalue weighted by atomic mass is 9.97. The molecule has 170 valence electrons. The fourth-order valence-electron chi connectivity index (χ4n) is 3.23. The first-order valence-corrected chi connectivity index (χ1v) is 13.3. The monoisotopic (exact) mass is 429 g/mol. The highest BCUT2D eigenvalue weighted by Gasteiger charge is 2.37. The van der Waals surface area contributed by atoms with Crippen molar-refractivity contribution >= 4 is 13.7 Å². The van der Waals surface area contributed by atoms with Crippen molar-refractivity contribution in [1.82, 2.24) is 5.09 Å². The van der Waals surface area contributed by atoms with E-state index in [0.717, 1.165) is 25.7 Å². The van der Waals surface area contributed by atoms with Crippen LogP contribution in [0.15, 0.2) is 12.2 Å². The zero-order chi connectivity index (χ0) is 21.4. The van der Waals surface area contributed by atoms with Gasteiger partial charge in [0.15, 0.2) is 0 Å². The number of carbonyl (C=O) groups is 1. The molecule has 29 heavy (non-hydrogen) atoms. The van der Waals surface area contributed by atoms with Gasteiger partial charge in [0, 0.05) is 11.8 Å². The van der Waals surface area contributed by atoms with Crippen molar-refractivity contribution in [1.29, 1.82) is 0 Å². The van der Waals surface area contributed by atoms with Gasteiger partial charge in [-0.05, 0) is 32.1 Å². The van der Waals surface area contributed by atoms with E-state index in [2.05, 4.69) is 24.2 Å². The molecule has 1 fully saturated rings. The van der Waals surface area contributed by atoms with E-state index in [1.165, 1.54) is 57.8 Å². The Morgan fingerprint density at radius 1 is 0.862 bits per heavy atom. The van der Waals surface area contributed by atoms with Crippen LogP contribution in [0.1, 0.15) is 111 Å². The van der Waals surface area contributed by atoms with E-state index in [1.807, 2.05) is 13.8 Å².